The lowest BCUT2D eigenvalue weighted by atomic mass is 10.1. The minimum absolute atomic E-state index is 0.0556. The SMILES string of the molecule is OC(c1cc(F)c(F)c(F)c1)c1ccc(Cl)s1. The highest BCUT2D eigenvalue weighted by molar-refractivity contribution is 7.16. The second kappa shape index (κ2) is 4.68. The molecule has 2 rings (SSSR count). The van der Waals surface area contributed by atoms with E-state index >= 15 is 0 Å². The van der Waals surface area contributed by atoms with Crippen molar-refractivity contribution in [2.24, 2.45) is 0 Å². The van der Waals surface area contributed by atoms with Crippen LogP contribution in [-0.4, -0.2) is 5.11 Å². The highest BCUT2D eigenvalue weighted by Gasteiger charge is 2.18. The van der Waals surface area contributed by atoms with Crippen LogP contribution in [0.4, 0.5) is 13.2 Å². The summed E-state index contributed by atoms with van der Waals surface area (Å²) < 4.78 is 39.1. The molecule has 1 heterocycles. The van der Waals surface area contributed by atoms with E-state index in [0.717, 1.165) is 23.5 Å². The minimum atomic E-state index is -1.55. The number of hydrogen-bond donors (Lipinski definition) is 1. The fourth-order valence-electron chi connectivity index (χ4n) is 1.37. The Morgan fingerprint density at radius 2 is 1.71 bits per heavy atom. The van der Waals surface area contributed by atoms with Crippen LogP contribution in [0.5, 0.6) is 0 Å². The topological polar surface area (TPSA) is 20.2 Å². The third-order valence-corrected chi connectivity index (χ3v) is 3.47. The molecule has 90 valence electrons. The molecule has 1 N–H and O–H groups in total. The Labute approximate surface area is 104 Å². The van der Waals surface area contributed by atoms with E-state index in [1.165, 1.54) is 6.07 Å². The van der Waals surface area contributed by atoms with Crippen LogP contribution in [0.2, 0.25) is 4.34 Å². The fraction of sp³-hybridized carbons (Fsp3) is 0.0909. The maximum Gasteiger partial charge on any atom is 0.194 e. The van der Waals surface area contributed by atoms with Gasteiger partial charge >= 0.3 is 0 Å². The van der Waals surface area contributed by atoms with Crippen LogP contribution >= 0.6 is 22.9 Å². The summed E-state index contributed by atoms with van der Waals surface area (Å²) >= 11 is 6.76. The number of halogens is 4. The van der Waals surface area contributed by atoms with Crippen molar-refractivity contribution < 1.29 is 18.3 Å². The molecule has 1 aromatic carbocycles. The van der Waals surface area contributed by atoms with Crippen molar-refractivity contribution in [1.82, 2.24) is 0 Å². The molecule has 0 saturated heterocycles. The van der Waals surface area contributed by atoms with Gasteiger partial charge in [-0.05, 0) is 29.8 Å². The fourth-order valence-corrected chi connectivity index (χ4v) is 2.45. The number of hydrogen-bond acceptors (Lipinski definition) is 2. The van der Waals surface area contributed by atoms with Gasteiger partial charge in [0.25, 0.3) is 0 Å². The molecule has 0 amide bonds. The molecule has 0 aliphatic rings. The van der Waals surface area contributed by atoms with Gasteiger partial charge in [-0.1, -0.05) is 11.6 Å². The molecule has 0 spiro atoms. The Hall–Kier alpha value is -1.04. The zero-order valence-electron chi connectivity index (χ0n) is 8.25. The van der Waals surface area contributed by atoms with Gasteiger partial charge in [-0.15, -0.1) is 11.3 Å². The van der Waals surface area contributed by atoms with Gasteiger partial charge in [-0.2, -0.15) is 0 Å². The van der Waals surface area contributed by atoms with Crippen molar-refractivity contribution in [2.45, 2.75) is 6.10 Å². The van der Waals surface area contributed by atoms with Crippen molar-refractivity contribution >= 4 is 22.9 Å². The molecule has 17 heavy (non-hydrogen) atoms. The highest BCUT2D eigenvalue weighted by Crippen LogP contribution is 2.31. The molecule has 0 aliphatic carbocycles. The van der Waals surface area contributed by atoms with E-state index < -0.39 is 23.6 Å². The largest absolute Gasteiger partial charge is 0.383 e. The van der Waals surface area contributed by atoms with Crippen molar-refractivity contribution in [3.05, 3.63) is 56.5 Å². The van der Waals surface area contributed by atoms with Gasteiger partial charge in [0.2, 0.25) is 0 Å². The molecular weight excluding hydrogens is 273 g/mol. The lowest BCUT2D eigenvalue weighted by Crippen LogP contribution is -2.01. The van der Waals surface area contributed by atoms with Crippen molar-refractivity contribution in [2.75, 3.05) is 0 Å². The van der Waals surface area contributed by atoms with Crippen LogP contribution < -0.4 is 0 Å². The van der Waals surface area contributed by atoms with E-state index in [1.54, 1.807) is 6.07 Å². The van der Waals surface area contributed by atoms with E-state index in [-0.39, 0.29) is 5.56 Å². The first kappa shape index (κ1) is 12.4. The first-order valence-corrected chi connectivity index (χ1v) is 5.76. The summed E-state index contributed by atoms with van der Waals surface area (Å²) in [6.07, 6.45) is -1.22. The molecule has 0 radical (unpaired) electrons. The monoisotopic (exact) mass is 278 g/mol. The Bertz CT molecular complexity index is 532. The predicted molar refractivity (Wildman–Crippen MR) is 59.7 cm³/mol. The average Bonchev–Trinajstić information content (AvgIpc) is 2.71. The molecule has 0 bridgehead atoms. The molecule has 1 unspecified atom stereocenters. The Balaban J connectivity index is 2.41. The molecule has 1 aromatic heterocycles. The quantitative estimate of drug-likeness (QED) is 0.826. The summed E-state index contributed by atoms with van der Waals surface area (Å²) in [4.78, 5) is 0.431. The van der Waals surface area contributed by atoms with Crippen molar-refractivity contribution in [1.29, 1.82) is 0 Å². The van der Waals surface area contributed by atoms with E-state index in [0.29, 0.717) is 9.21 Å². The zero-order chi connectivity index (χ0) is 12.6. The Kier molecular flexibility index (Phi) is 3.42. The van der Waals surface area contributed by atoms with Crippen LogP contribution in [0.1, 0.15) is 16.5 Å². The third kappa shape index (κ3) is 2.46. The second-order valence-corrected chi connectivity index (χ2v) is 5.09. The van der Waals surface area contributed by atoms with E-state index in [4.69, 9.17) is 11.6 Å². The van der Waals surface area contributed by atoms with E-state index in [9.17, 15) is 18.3 Å². The summed E-state index contributed by atoms with van der Waals surface area (Å²) in [5, 5.41) is 9.84. The highest BCUT2D eigenvalue weighted by atomic mass is 35.5. The molecule has 6 heteroatoms. The van der Waals surface area contributed by atoms with Gasteiger partial charge in [0, 0.05) is 4.88 Å². The number of benzene rings is 1. The molecule has 1 nitrogen and oxygen atoms in total. The molecular formula is C11H6ClF3OS. The van der Waals surface area contributed by atoms with Gasteiger partial charge < -0.3 is 5.11 Å². The van der Waals surface area contributed by atoms with Crippen molar-refractivity contribution in [3.63, 3.8) is 0 Å². The molecule has 2 aromatic rings. The van der Waals surface area contributed by atoms with Crippen molar-refractivity contribution in [3.8, 4) is 0 Å². The van der Waals surface area contributed by atoms with E-state index in [1.807, 2.05) is 0 Å². The normalized spacial score (nSPS) is 12.8. The number of rotatable bonds is 2. The zero-order valence-corrected chi connectivity index (χ0v) is 9.83. The molecule has 0 aliphatic heterocycles. The smallest absolute Gasteiger partial charge is 0.194 e. The standard InChI is InChI=1S/C11H6ClF3OS/c12-9-2-1-8(17-9)11(16)5-3-6(13)10(15)7(14)4-5/h1-4,11,16H. The van der Waals surface area contributed by atoms with Gasteiger partial charge in [0.1, 0.15) is 6.10 Å². The van der Waals surface area contributed by atoms with Crippen LogP contribution in [0.3, 0.4) is 0 Å². The Morgan fingerprint density at radius 3 is 2.18 bits per heavy atom. The maximum absolute atomic E-state index is 13.0. The number of thiophene rings is 1. The summed E-state index contributed by atoms with van der Waals surface area (Å²) in [6.45, 7) is 0. The third-order valence-electron chi connectivity index (χ3n) is 2.19. The first-order chi connectivity index (χ1) is 7.99. The van der Waals surface area contributed by atoms with E-state index in [2.05, 4.69) is 0 Å². The van der Waals surface area contributed by atoms with Gasteiger partial charge in [-0.3, -0.25) is 0 Å². The minimum Gasteiger partial charge on any atom is -0.383 e. The Morgan fingerprint density at radius 1 is 1.12 bits per heavy atom. The maximum atomic E-state index is 13.0. The summed E-state index contributed by atoms with van der Waals surface area (Å²) in [7, 11) is 0. The van der Waals surface area contributed by atoms with Crippen LogP contribution in [0.15, 0.2) is 24.3 Å². The predicted octanol–water partition coefficient (Wildman–Crippen LogP) is 3.90. The van der Waals surface area contributed by atoms with Crippen LogP contribution in [-0.2, 0) is 0 Å². The van der Waals surface area contributed by atoms with Gasteiger partial charge in [0.05, 0.1) is 4.34 Å². The van der Waals surface area contributed by atoms with Crippen LogP contribution in [0, 0.1) is 17.5 Å². The second-order valence-electron chi connectivity index (χ2n) is 3.34. The lowest BCUT2D eigenvalue weighted by Gasteiger charge is -2.09. The summed E-state index contributed by atoms with van der Waals surface area (Å²) in [5.41, 5.74) is -0.0556. The molecule has 1 atom stereocenters. The van der Waals surface area contributed by atoms with Gasteiger partial charge in [-0.25, -0.2) is 13.2 Å². The van der Waals surface area contributed by atoms with Crippen LogP contribution in [0.25, 0.3) is 0 Å². The lowest BCUT2D eigenvalue weighted by molar-refractivity contribution is 0.222. The summed E-state index contributed by atoms with van der Waals surface area (Å²) in [5.74, 6) is -4.21. The molecule has 0 fully saturated rings. The average molecular weight is 279 g/mol. The first-order valence-electron chi connectivity index (χ1n) is 4.57. The summed E-state index contributed by atoms with van der Waals surface area (Å²) in [6, 6.07) is 4.62. The number of aliphatic hydroxyl groups is 1. The number of aliphatic hydroxyl groups excluding tert-OH is 1. The van der Waals surface area contributed by atoms with Gasteiger partial charge in [0.15, 0.2) is 17.5 Å². The molecule has 0 saturated carbocycles.